The number of carbonyl (C=O) groups excluding carboxylic acids is 1. The number of carboxylic acid groups (broad SMARTS) is 1. The molecule has 0 saturated heterocycles. The van der Waals surface area contributed by atoms with Gasteiger partial charge >= 0.3 is 5.97 Å². The van der Waals surface area contributed by atoms with Gasteiger partial charge in [0.15, 0.2) is 0 Å². The van der Waals surface area contributed by atoms with Crippen LogP contribution in [0.2, 0.25) is 0 Å². The predicted octanol–water partition coefficient (Wildman–Crippen LogP) is 4.35. The highest BCUT2D eigenvalue weighted by molar-refractivity contribution is 8.04. The van der Waals surface area contributed by atoms with Crippen molar-refractivity contribution in [2.75, 3.05) is 11.1 Å². The number of aryl methyl sites for hydroxylation is 1. The van der Waals surface area contributed by atoms with E-state index in [-0.39, 0.29) is 16.6 Å². The predicted molar refractivity (Wildman–Crippen MR) is 103 cm³/mol. The first-order valence-electron chi connectivity index (χ1n) is 7.70. The average molecular weight is 353 g/mol. The fourth-order valence-corrected chi connectivity index (χ4v) is 2.71. The van der Waals surface area contributed by atoms with Gasteiger partial charge in [0, 0.05) is 5.69 Å². The second-order valence-electron chi connectivity index (χ2n) is 5.31. The Morgan fingerprint density at radius 2 is 1.88 bits per heavy atom. The number of anilines is 1. The van der Waals surface area contributed by atoms with E-state index in [1.54, 1.807) is 12.1 Å². The van der Waals surface area contributed by atoms with Crippen LogP contribution in [0.4, 0.5) is 5.69 Å². The fourth-order valence-electron chi connectivity index (χ4n) is 2.06. The summed E-state index contributed by atoms with van der Waals surface area (Å²) in [5, 5.41) is 12.0. The van der Waals surface area contributed by atoms with E-state index in [9.17, 15) is 14.7 Å². The first kappa shape index (κ1) is 18.5. The Morgan fingerprint density at radius 1 is 1.12 bits per heavy atom. The summed E-state index contributed by atoms with van der Waals surface area (Å²) in [5.74, 6) is -1.26. The summed E-state index contributed by atoms with van der Waals surface area (Å²) in [6.07, 6.45) is 4.99. The maximum atomic E-state index is 12.0. The minimum absolute atomic E-state index is 0.0330. The summed E-state index contributed by atoms with van der Waals surface area (Å²) < 4.78 is 0. The lowest BCUT2D eigenvalue weighted by molar-refractivity contribution is -0.131. The zero-order valence-corrected chi connectivity index (χ0v) is 14.6. The molecule has 25 heavy (non-hydrogen) atoms. The Balaban J connectivity index is 1.92. The molecule has 2 aromatic rings. The number of carbonyl (C=O) groups is 2. The summed E-state index contributed by atoms with van der Waals surface area (Å²) >= 11 is 0.995. The molecular weight excluding hydrogens is 334 g/mol. The molecule has 0 aliphatic rings. The average Bonchev–Trinajstić information content (AvgIpc) is 2.58. The SMILES string of the molecule is Cc1cccc(NC(=O)CS/C(=C/C=C/c2ccccc2)C(=O)O)c1. The number of aliphatic carboxylic acids is 1. The van der Waals surface area contributed by atoms with Crippen molar-refractivity contribution in [1.82, 2.24) is 0 Å². The lowest BCUT2D eigenvalue weighted by atomic mass is 10.2. The Morgan fingerprint density at radius 3 is 2.56 bits per heavy atom. The van der Waals surface area contributed by atoms with E-state index < -0.39 is 5.97 Å². The van der Waals surface area contributed by atoms with Crippen LogP contribution in [-0.2, 0) is 9.59 Å². The Kier molecular flexibility index (Phi) is 7.04. The highest BCUT2D eigenvalue weighted by Crippen LogP contribution is 2.17. The van der Waals surface area contributed by atoms with Gasteiger partial charge in [-0.25, -0.2) is 4.79 Å². The largest absolute Gasteiger partial charge is 0.477 e. The lowest BCUT2D eigenvalue weighted by Crippen LogP contribution is -2.15. The first-order chi connectivity index (χ1) is 12.0. The van der Waals surface area contributed by atoms with E-state index in [0.717, 1.165) is 22.9 Å². The van der Waals surface area contributed by atoms with Gasteiger partial charge in [0.2, 0.25) is 5.91 Å². The van der Waals surface area contributed by atoms with Gasteiger partial charge in [-0.15, -0.1) is 11.8 Å². The van der Waals surface area contributed by atoms with E-state index >= 15 is 0 Å². The molecule has 5 heteroatoms. The molecule has 0 heterocycles. The van der Waals surface area contributed by atoms with Crippen LogP contribution in [-0.4, -0.2) is 22.7 Å². The summed E-state index contributed by atoms with van der Waals surface area (Å²) in [6.45, 7) is 1.94. The van der Waals surface area contributed by atoms with Crippen LogP contribution in [0.25, 0.3) is 6.08 Å². The molecule has 0 atom stereocenters. The molecule has 2 rings (SSSR count). The molecular formula is C20H19NO3S. The molecule has 0 unspecified atom stereocenters. The van der Waals surface area contributed by atoms with Crippen LogP contribution in [0.1, 0.15) is 11.1 Å². The number of benzene rings is 2. The molecule has 0 saturated carbocycles. The van der Waals surface area contributed by atoms with Gasteiger partial charge in [0.1, 0.15) is 0 Å². The highest BCUT2D eigenvalue weighted by atomic mass is 32.2. The summed E-state index contributed by atoms with van der Waals surface area (Å²) in [7, 11) is 0. The molecule has 4 nitrogen and oxygen atoms in total. The van der Waals surface area contributed by atoms with Gasteiger partial charge in [-0.05, 0) is 36.3 Å². The number of amides is 1. The van der Waals surface area contributed by atoms with Crippen molar-refractivity contribution >= 4 is 35.4 Å². The summed E-state index contributed by atoms with van der Waals surface area (Å²) in [4.78, 5) is 23.4. The van der Waals surface area contributed by atoms with Gasteiger partial charge in [-0.2, -0.15) is 0 Å². The third-order valence-corrected chi connectivity index (χ3v) is 4.24. The summed E-state index contributed by atoms with van der Waals surface area (Å²) in [6, 6.07) is 17.0. The number of carboxylic acids is 1. The van der Waals surface area contributed by atoms with Gasteiger partial charge in [0.25, 0.3) is 0 Å². The van der Waals surface area contributed by atoms with Crippen molar-refractivity contribution in [1.29, 1.82) is 0 Å². The number of rotatable bonds is 7. The van der Waals surface area contributed by atoms with Crippen molar-refractivity contribution < 1.29 is 14.7 Å². The van der Waals surface area contributed by atoms with E-state index in [2.05, 4.69) is 5.32 Å². The third-order valence-electron chi connectivity index (χ3n) is 3.21. The molecule has 0 radical (unpaired) electrons. The Labute approximate surface area is 151 Å². The zero-order chi connectivity index (χ0) is 18.1. The molecule has 0 aliphatic heterocycles. The van der Waals surface area contributed by atoms with E-state index in [0.29, 0.717) is 5.69 Å². The molecule has 0 aromatic heterocycles. The topological polar surface area (TPSA) is 66.4 Å². The normalized spacial score (nSPS) is 11.5. The van der Waals surface area contributed by atoms with Crippen molar-refractivity contribution in [2.45, 2.75) is 6.92 Å². The van der Waals surface area contributed by atoms with Crippen LogP contribution in [0.15, 0.2) is 71.7 Å². The number of allylic oxidation sites excluding steroid dienone is 2. The van der Waals surface area contributed by atoms with Gasteiger partial charge < -0.3 is 10.4 Å². The van der Waals surface area contributed by atoms with E-state index in [4.69, 9.17) is 0 Å². The quantitative estimate of drug-likeness (QED) is 0.574. The van der Waals surface area contributed by atoms with Crippen LogP contribution in [0.3, 0.4) is 0 Å². The van der Waals surface area contributed by atoms with Gasteiger partial charge in [-0.3, -0.25) is 4.79 Å². The number of nitrogens with one attached hydrogen (secondary N) is 1. The molecule has 0 spiro atoms. The molecule has 2 N–H and O–H groups in total. The minimum Gasteiger partial charge on any atom is -0.477 e. The van der Waals surface area contributed by atoms with E-state index in [1.165, 1.54) is 6.08 Å². The highest BCUT2D eigenvalue weighted by Gasteiger charge is 2.10. The molecule has 128 valence electrons. The standard InChI is InChI=1S/C20H19NO3S/c1-15-7-5-11-17(13-15)21-19(22)14-25-18(20(23)24)12-6-10-16-8-3-2-4-9-16/h2-13H,14H2,1H3,(H,21,22)(H,23,24)/b10-6+,18-12+. The van der Waals surface area contributed by atoms with Gasteiger partial charge in [-0.1, -0.05) is 54.6 Å². The first-order valence-corrected chi connectivity index (χ1v) is 8.69. The fraction of sp³-hybridized carbons (Fsp3) is 0.100. The molecule has 2 aromatic carbocycles. The molecule has 1 amide bonds. The van der Waals surface area contributed by atoms with Crippen LogP contribution in [0.5, 0.6) is 0 Å². The molecule has 0 fully saturated rings. The smallest absolute Gasteiger partial charge is 0.342 e. The second kappa shape index (κ2) is 9.49. The Hall–Kier alpha value is -2.79. The van der Waals surface area contributed by atoms with Crippen LogP contribution >= 0.6 is 11.8 Å². The molecule has 0 aliphatic carbocycles. The van der Waals surface area contributed by atoms with Crippen molar-refractivity contribution in [3.8, 4) is 0 Å². The Bertz CT molecular complexity index is 798. The number of thioether (sulfide) groups is 1. The zero-order valence-electron chi connectivity index (χ0n) is 13.8. The van der Waals surface area contributed by atoms with Crippen molar-refractivity contribution in [2.24, 2.45) is 0 Å². The third kappa shape index (κ3) is 6.69. The lowest BCUT2D eigenvalue weighted by Gasteiger charge is -2.06. The van der Waals surface area contributed by atoms with Crippen molar-refractivity contribution in [3.63, 3.8) is 0 Å². The van der Waals surface area contributed by atoms with Crippen LogP contribution in [0, 0.1) is 6.92 Å². The molecule has 0 bridgehead atoms. The van der Waals surface area contributed by atoms with Gasteiger partial charge in [0.05, 0.1) is 10.7 Å². The summed E-state index contributed by atoms with van der Waals surface area (Å²) in [5.41, 5.74) is 2.73. The number of hydrogen-bond acceptors (Lipinski definition) is 3. The minimum atomic E-state index is -1.05. The number of hydrogen-bond donors (Lipinski definition) is 2. The maximum absolute atomic E-state index is 12.0. The maximum Gasteiger partial charge on any atom is 0.342 e. The van der Waals surface area contributed by atoms with Crippen molar-refractivity contribution in [3.05, 3.63) is 82.8 Å². The van der Waals surface area contributed by atoms with E-state index in [1.807, 2.05) is 61.5 Å². The second-order valence-corrected chi connectivity index (χ2v) is 6.33. The van der Waals surface area contributed by atoms with Crippen LogP contribution < -0.4 is 5.32 Å². The monoisotopic (exact) mass is 353 g/mol.